The minimum absolute atomic E-state index is 0.189. The zero-order valence-electron chi connectivity index (χ0n) is 7.07. The summed E-state index contributed by atoms with van der Waals surface area (Å²) in [6.07, 6.45) is -0.489. The van der Waals surface area contributed by atoms with Gasteiger partial charge in [-0.2, -0.15) is 0 Å². The number of benzene rings is 1. The zero-order valence-corrected chi connectivity index (χ0v) is 7.07. The number of aliphatic hydroxyl groups is 1. The van der Waals surface area contributed by atoms with Crippen LogP contribution in [0.3, 0.4) is 0 Å². The molecule has 0 aliphatic heterocycles. The van der Waals surface area contributed by atoms with Crippen LogP contribution in [-0.2, 0) is 0 Å². The third-order valence-corrected chi connectivity index (χ3v) is 1.82. The van der Waals surface area contributed by atoms with E-state index < -0.39 is 6.10 Å². The molecule has 2 unspecified atom stereocenters. The molecule has 12 heavy (non-hydrogen) atoms. The molecule has 0 aliphatic rings. The summed E-state index contributed by atoms with van der Waals surface area (Å²) in [6.45, 7) is 1.71. The molecule has 0 amide bonds. The van der Waals surface area contributed by atoms with Crippen molar-refractivity contribution in [3.05, 3.63) is 35.9 Å². The van der Waals surface area contributed by atoms with Gasteiger partial charge < -0.3 is 5.11 Å². The predicted octanol–water partition coefficient (Wildman–Crippen LogP) is 0.572. The van der Waals surface area contributed by atoms with Gasteiger partial charge in [0.1, 0.15) is 0 Å². The van der Waals surface area contributed by atoms with E-state index in [1.54, 1.807) is 6.92 Å². The number of nitrogens with one attached hydrogen (secondary N) is 1. The molecular formula is C9H14N2O. The van der Waals surface area contributed by atoms with Crippen molar-refractivity contribution in [2.45, 2.75) is 19.1 Å². The Morgan fingerprint density at radius 3 is 2.33 bits per heavy atom. The van der Waals surface area contributed by atoms with Crippen LogP contribution in [0, 0.1) is 0 Å². The molecule has 0 spiro atoms. The average molecular weight is 166 g/mol. The summed E-state index contributed by atoms with van der Waals surface area (Å²) in [5, 5.41) is 9.32. The van der Waals surface area contributed by atoms with Crippen LogP contribution in [0.15, 0.2) is 30.3 Å². The Balaban J connectivity index is 2.80. The molecule has 0 saturated heterocycles. The van der Waals surface area contributed by atoms with Gasteiger partial charge in [0.15, 0.2) is 0 Å². The van der Waals surface area contributed by atoms with Crippen LogP contribution in [0.4, 0.5) is 0 Å². The fraction of sp³-hybridized carbons (Fsp3) is 0.333. The molecular weight excluding hydrogens is 152 g/mol. The highest BCUT2D eigenvalue weighted by molar-refractivity contribution is 5.19. The first kappa shape index (κ1) is 9.19. The normalized spacial score (nSPS) is 15.6. The lowest BCUT2D eigenvalue weighted by atomic mass is 10.0. The maximum Gasteiger partial charge on any atom is 0.0719 e. The Morgan fingerprint density at radius 1 is 1.33 bits per heavy atom. The molecule has 0 saturated carbocycles. The van der Waals surface area contributed by atoms with Gasteiger partial charge >= 0.3 is 0 Å². The van der Waals surface area contributed by atoms with Gasteiger partial charge in [-0.3, -0.25) is 11.3 Å². The van der Waals surface area contributed by atoms with E-state index in [9.17, 15) is 5.11 Å². The highest BCUT2D eigenvalue weighted by Gasteiger charge is 2.13. The number of hydrogen-bond acceptors (Lipinski definition) is 3. The van der Waals surface area contributed by atoms with Crippen molar-refractivity contribution >= 4 is 0 Å². The molecule has 1 aromatic rings. The zero-order chi connectivity index (χ0) is 8.97. The molecule has 4 N–H and O–H groups in total. The minimum Gasteiger partial charge on any atom is -0.391 e. The van der Waals surface area contributed by atoms with Gasteiger partial charge in [0, 0.05) is 0 Å². The maximum absolute atomic E-state index is 9.32. The average Bonchev–Trinajstić information content (AvgIpc) is 2.07. The van der Waals surface area contributed by atoms with Gasteiger partial charge in [0.25, 0.3) is 0 Å². The molecule has 3 nitrogen and oxygen atoms in total. The molecule has 1 rings (SSSR count). The van der Waals surface area contributed by atoms with E-state index in [0.717, 1.165) is 5.56 Å². The van der Waals surface area contributed by atoms with Crippen LogP contribution in [0.1, 0.15) is 18.5 Å². The Morgan fingerprint density at radius 2 is 1.92 bits per heavy atom. The minimum atomic E-state index is -0.489. The van der Waals surface area contributed by atoms with E-state index in [1.807, 2.05) is 30.3 Å². The van der Waals surface area contributed by atoms with Gasteiger partial charge in [0.2, 0.25) is 0 Å². The number of aliphatic hydroxyl groups excluding tert-OH is 1. The van der Waals surface area contributed by atoms with Gasteiger partial charge in [-0.15, -0.1) is 0 Å². The third kappa shape index (κ3) is 2.04. The van der Waals surface area contributed by atoms with E-state index in [0.29, 0.717) is 0 Å². The molecule has 1 aromatic carbocycles. The first-order valence-electron chi connectivity index (χ1n) is 3.95. The van der Waals surface area contributed by atoms with Gasteiger partial charge in [0.05, 0.1) is 12.1 Å². The van der Waals surface area contributed by atoms with E-state index in [4.69, 9.17) is 5.84 Å². The summed E-state index contributed by atoms with van der Waals surface area (Å²) in [6, 6.07) is 9.43. The quantitative estimate of drug-likeness (QED) is 0.454. The number of nitrogens with two attached hydrogens (primary N) is 1. The summed E-state index contributed by atoms with van der Waals surface area (Å²) in [4.78, 5) is 0. The van der Waals surface area contributed by atoms with Gasteiger partial charge in [-0.05, 0) is 12.5 Å². The Hall–Kier alpha value is -0.900. The summed E-state index contributed by atoms with van der Waals surface area (Å²) in [5.41, 5.74) is 3.56. The number of hydrogen-bond donors (Lipinski definition) is 3. The topological polar surface area (TPSA) is 58.3 Å². The van der Waals surface area contributed by atoms with Crippen LogP contribution in [0.5, 0.6) is 0 Å². The summed E-state index contributed by atoms with van der Waals surface area (Å²) >= 11 is 0. The predicted molar refractivity (Wildman–Crippen MR) is 48.2 cm³/mol. The van der Waals surface area contributed by atoms with Crippen LogP contribution in [0.2, 0.25) is 0 Å². The van der Waals surface area contributed by atoms with E-state index in [1.165, 1.54) is 0 Å². The molecule has 0 aromatic heterocycles. The van der Waals surface area contributed by atoms with E-state index >= 15 is 0 Å². The molecule has 0 fully saturated rings. The Bertz CT molecular complexity index is 223. The fourth-order valence-electron chi connectivity index (χ4n) is 1.17. The van der Waals surface area contributed by atoms with Crippen molar-refractivity contribution in [3.63, 3.8) is 0 Å². The highest BCUT2D eigenvalue weighted by Crippen LogP contribution is 2.14. The van der Waals surface area contributed by atoms with Gasteiger partial charge in [-0.25, -0.2) is 0 Å². The Labute approximate surface area is 72.2 Å². The first-order valence-corrected chi connectivity index (χ1v) is 3.95. The summed E-state index contributed by atoms with van der Waals surface area (Å²) in [7, 11) is 0. The lowest BCUT2D eigenvalue weighted by Gasteiger charge is -2.18. The van der Waals surface area contributed by atoms with Crippen molar-refractivity contribution in [2.24, 2.45) is 5.84 Å². The van der Waals surface area contributed by atoms with Crippen molar-refractivity contribution in [1.82, 2.24) is 5.43 Å². The highest BCUT2D eigenvalue weighted by atomic mass is 16.3. The maximum atomic E-state index is 9.32. The van der Waals surface area contributed by atoms with Gasteiger partial charge in [-0.1, -0.05) is 30.3 Å². The standard InChI is InChI=1S/C9H14N2O/c1-7(12)9(11-10)8-5-3-2-4-6-8/h2-7,9,11-12H,10H2,1H3. The van der Waals surface area contributed by atoms with Crippen LogP contribution in [0.25, 0.3) is 0 Å². The summed E-state index contributed by atoms with van der Waals surface area (Å²) in [5.74, 6) is 5.30. The Kier molecular flexibility index (Phi) is 3.22. The monoisotopic (exact) mass is 166 g/mol. The molecule has 3 heteroatoms. The molecule has 0 bridgehead atoms. The third-order valence-electron chi connectivity index (χ3n) is 1.82. The van der Waals surface area contributed by atoms with Crippen molar-refractivity contribution in [1.29, 1.82) is 0 Å². The molecule has 0 heterocycles. The molecule has 66 valence electrons. The number of rotatable bonds is 3. The fourth-order valence-corrected chi connectivity index (χ4v) is 1.17. The summed E-state index contributed by atoms with van der Waals surface area (Å²) < 4.78 is 0. The smallest absolute Gasteiger partial charge is 0.0719 e. The van der Waals surface area contributed by atoms with Crippen LogP contribution >= 0.6 is 0 Å². The second-order valence-electron chi connectivity index (χ2n) is 2.80. The van der Waals surface area contributed by atoms with Crippen molar-refractivity contribution < 1.29 is 5.11 Å². The van der Waals surface area contributed by atoms with E-state index in [-0.39, 0.29) is 6.04 Å². The lowest BCUT2D eigenvalue weighted by molar-refractivity contribution is 0.146. The first-order chi connectivity index (χ1) is 5.75. The molecule has 0 aliphatic carbocycles. The van der Waals surface area contributed by atoms with Crippen LogP contribution < -0.4 is 11.3 Å². The molecule has 2 atom stereocenters. The second kappa shape index (κ2) is 4.21. The number of hydrazine groups is 1. The van der Waals surface area contributed by atoms with Crippen molar-refractivity contribution in [2.75, 3.05) is 0 Å². The second-order valence-corrected chi connectivity index (χ2v) is 2.80. The SMILES string of the molecule is CC(O)C(NN)c1ccccc1. The molecule has 0 radical (unpaired) electrons. The lowest BCUT2D eigenvalue weighted by Crippen LogP contribution is -2.35. The largest absolute Gasteiger partial charge is 0.391 e. The van der Waals surface area contributed by atoms with E-state index in [2.05, 4.69) is 5.43 Å². The van der Waals surface area contributed by atoms with Crippen molar-refractivity contribution in [3.8, 4) is 0 Å². The van der Waals surface area contributed by atoms with Crippen LogP contribution in [-0.4, -0.2) is 11.2 Å².